The van der Waals surface area contributed by atoms with Crippen molar-refractivity contribution in [1.82, 2.24) is 10.2 Å². The van der Waals surface area contributed by atoms with Crippen LogP contribution in [0.4, 0.5) is 4.79 Å². The van der Waals surface area contributed by atoms with Crippen molar-refractivity contribution in [2.24, 2.45) is 0 Å². The molecule has 2 N–H and O–H groups in total. The van der Waals surface area contributed by atoms with E-state index in [1.54, 1.807) is 13.8 Å². The monoisotopic (exact) mass is 436 g/mol. The molecule has 2 aliphatic carbocycles. The van der Waals surface area contributed by atoms with E-state index in [2.05, 4.69) is 29.6 Å². The number of alkyl carbamates (subject to hydrolysis) is 1. The molecule has 7 nitrogen and oxygen atoms in total. The summed E-state index contributed by atoms with van der Waals surface area (Å²) in [6.45, 7) is 3.35. The minimum absolute atomic E-state index is 0.000968. The van der Waals surface area contributed by atoms with Crippen molar-refractivity contribution in [2.45, 2.75) is 50.6 Å². The maximum Gasteiger partial charge on any atom is 0.407 e. The predicted octanol–water partition coefficient (Wildman–Crippen LogP) is 3.77. The molecule has 0 unspecified atom stereocenters. The average molecular weight is 437 g/mol. The van der Waals surface area contributed by atoms with Gasteiger partial charge in [-0.2, -0.15) is 0 Å². The van der Waals surface area contributed by atoms with Crippen LogP contribution in [0.1, 0.15) is 50.2 Å². The Hall–Kier alpha value is -3.35. The summed E-state index contributed by atoms with van der Waals surface area (Å²) in [4.78, 5) is 37.7. The van der Waals surface area contributed by atoms with Gasteiger partial charge in [0.2, 0.25) is 5.91 Å². The van der Waals surface area contributed by atoms with Gasteiger partial charge in [-0.3, -0.25) is 9.59 Å². The van der Waals surface area contributed by atoms with Gasteiger partial charge in [0.25, 0.3) is 0 Å². The van der Waals surface area contributed by atoms with Crippen molar-refractivity contribution in [3.63, 3.8) is 0 Å². The Morgan fingerprint density at radius 3 is 2.12 bits per heavy atom. The number of carboxylic acids is 1. The van der Waals surface area contributed by atoms with Crippen LogP contribution in [-0.2, 0) is 14.3 Å². The molecule has 1 fully saturated rings. The van der Waals surface area contributed by atoms with Crippen LogP contribution in [0, 0.1) is 0 Å². The van der Waals surface area contributed by atoms with Crippen molar-refractivity contribution in [2.75, 3.05) is 13.2 Å². The number of hydrogen-bond donors (Lipinski definition) is 2. The van der Waals surface area contributed by atoms with Crippen LogP contribution in [0.25, 0.3) is 11.1 Å². The van der Waals surface area contributed by atoms with Crippen molar-refractivity contribution in [3.05, 3.63) is 59.7 Å². The third kappa shape index (κ3) is 4.77. The molecule has 2 aliphatic rings. The normalized spacial score (nSPS) is 14.9. The third-order valence-corrected chi connectivity index (χ3v) is 5.99. The fourth-order valence-corrected chi connectivity index (χ4v) is 4.39. The van der Waals surface area contributed by atoms with E-state index in [9.17, 15) is 14.4 Å². The van der Waals surface area contributed by atoms with Gasteiger partial charge in [-0.15, -0.1) is 0 Å². The van der Waals surface area contributed by atoms with Crippen LogP contribution >= 0.6 is 0 Å². The minimum atomic E-state index is -1.03. The van der Waals surface area contributed by atoms with Gasteiger partial charge >= 0.3 is 12.1 Å². The van der Waals surface area contributed by atoms with Gasteiger partial charge in [-0.05, 0) is 48.9 Å². The Bertz CT molecular complexity index is 999. The van der Waals surface area contributed by atoms with Crippen molar-refractivity contribution >= 4 is 18.0 Å². The first-order valence-corrected chi connectivity index (χ1v) is 10.9. The maximum atomic E-state index is 12.7. The number of fused-ring (bicyclic) bond motifs is 3. The highest BCUT2D eigenvalue weighted by atomic mass is 16.5. The molecule has 0 radical (unpaired) electrons. The van der Waals surface area contributed by atoms with Crippen molar-refractivity contribution in [3.8, 4) is 11.1 Å². The molecule has 1 saturated carbocycles. The van der Waals surface area contributed by atoms with Crippen LogP contribution in [0.2, 0.25) is 0 Å². The topological polar surface area (TPSA) is 95.9 Å². The zero-order chi connectivity index (χ0) is 22.9. The second kappa shape index (κ2) is 8.65. The highest BCUT2D eigenvalue weighted by Crippen LogP contribution is 2.44. The number of carbonyl (C=O) groups excluding carboxylic acids is 2. The summed E-state index contributed by atoms with van der Waals surface area (Å²) < 4.78 is 5.57. The molecule has 0 heterocycles. The second-order valence-corrected chi connectivity index (χ2v) is 9.16. The summed E-state index contributed by atoms with van der Waals surface area (Å²) in [5.74, 6) is -1.36. The fourth-order valence-electron chi connectivity index (χ4n) is 4.39. The lowest BCUT2D eigenvalue weighted by Crippen LogP contribution is -2.49. The average Bonchev–Trinajstić information content (AvgIpc) is 3.52. The van der Waals surface area contributed by atoms with E-state index in [0.717, 1.165) is 35.1 Å². The van der Waals surface area contributed by atoms with Crippen LogP contribution < -0.4 is 5.32 Å². The summed E-state index contributed by atoms with van der Waals surface area (Å²) in [6, 6.07) is 16.2. The van der Waals surface area contributed by atoms with Gasteiger partial charge in [-0.25, -0.2) is 4.79 Å². The third-order valence-electron chi connectivity index (χ3n) is 5.99. The molecule has 2 aromatic carbocycles. The van der Waals surface area contributed by atoms with Crippen molar-refractivity contribution in [1.29, 1.82) is 0 Å². The number of aliphatic carboxylic acids is 1. The molecule has 2 aromatic rings. The summed E-state index contributed by atoms with van der Waals surface area (Å²) >= 11 is 0. The SMILES string of the molecule is CC(C)(CC(=O)N(CC(=O)O)C1CC1)NC(=O)OCC1c2ccccc2-c2ccccc21. The lowest BCUT2D eigenvalue weighted by atomic mass is 9.98. The molecule has 0 saturated heterocycles. The first-order valence-electron chi connectivity index (χ1n) is 10.9. The Morgan fingerprint density at radius 1 is 1.03 bits per heavy atom. The molecule has 0 bridgehead atoms. The molecule has 0 aliphatic heterocycles. The molecule has 0 atom stereocenters. The maximum absolute atomic E-state index is 12.7. The molecular formula is C25H28N2O5. The Labute approximate surface area is 187 Å². The smallest absolute Gasteiger partial charge is 0.407 e. The van der Waals surface area contributed by atoms with Crippen LogP contribution in [0.3, 0.4) is 0 Å². The quantitative estimate of drug-likeness (QED) is 0.657. The standard InChI is InChI=1S/C25H28N2O5/c1-25(2,13-22(28)27(14-23(29)30)16-11-12-16)26-24(31)32-15-21-19-9-5-3-7-17(19)18-8-4-6-10-20(18)21/h3-10,16,21H,11-15H2,1-2H3,(H,26,31)(H,29,30). The zero-order valence-electron chi connectivity index (χ0n) is 18.3. The molecular weight excluding hydrogens is 408 g/mol. The Balaban J connectivity index is 1.36. The largest absolute Gasteiger partial charge is 0.480 e. The number of nitrogens with zero attached hydrogens (tertiary/aromatic N) is 1. The summed E-state index contributed by atoms with van der Waals surface area (Å²) in [7, 11) is 0. The van der Waals surface area contributed by atoms with E-state index < -0.39 is 17.6 Å². The number of amides is 2. The van der Waals surface area contributed by atoms with E-state index in [4.69, 9.17) is 9.84 Å². The number of carbonyl (C=O) groups is 3. The molecule has 2 amide bonds. The highest BCUT2D eigenvalue weighted by molar-refractivity contribution is 5.83. The Kier molecular flexibility index (Phi) is 5.91. The molecule has 7 heteroatoms. The van der Waals surface area contributed by atoms with Crippen LogP contribution in [0.5, 0.6) is 0 Å². The molecule has 0 spiro atoms. The van der Waals surface area contributed by atoms with Crippen LogP contribution in [0.15, 0.2) is 48.5 Å². The van der Waals surface area contributed by atoms with Crippen molar-refractivity contribution < 1.29 is 24.2 Å². The number of hydrogen-bond acceptors (Lipinski definition) is 4. The first-order chi connectivity index (χ1) is 15.2. The van der Waals surface area contributed by atoms with Gasteiger partial charge in [0, 0.05) is 23.9 Å². The minimum Gasteiger partial charge on any atom is -0.480 e. The summed E-state index contributed by atoms with van der Waals surface area (Å²) in [6.07, 6.45) is 1.04. The second-order valence-electron chi connectivity index (χ2n) is 9.16. The molecule has 32 heavy (non-hydrogen) atoms. The number of benzene rings is 2. The van der Waals surface area contributed by atoms with Gasteiger partial charge in [0.05, 0.1) is 0 Å². The number of ether oxygens (including phenoxy) is 1. The number of nitrogens with one attached hydrogen (secondary N) is 1. The van der Waals surface area contributed by atoms with Gasteiger partial charge in [0.1, 0.15) is 13.2 Å². The molecule has 168 valence electrons. The molecule has 0 aromatic heterocycles. The fraction of sp³-hybridized carbons (Fsp3) is 0.400. The van der Waals surface area contributed by atoms with E-state index in [0.29, 0.717) is 0 Å². The highest BCUT2D eigenvalue weighted by Gasteiger charge is 2.37. The zero-order valence-corrected chi connectivity index (χ0v) is 18.3. The van der Waals surface area contributed by atoms with E-state index in [1.165, 1.54) is 4.90 Å². The van der Waals surface area contributed by atoms with E-state index in [1.807, 2.05) is 24.3 Å². The molecule has 4 rings (SSSR count). The Morgan fingerprint density at radius 2 is 1.59 bits per heavy atom. The van der Waals surface area contributed by atoms with Crippen LogP contribution in [-0.4, -0.2) is 52.7 Å². The van der Waals surface area contributed by atoms with Gasteiger partial charge in [-0.1, -0.05) is 48.5 Å². The van der Waals surface area contributed by atoms with Gasteiger partial charge in [0.15, 0.2) is 0 Å². The number of carboxylic acid groups (broad SMARTS) is 1. The van der Waals surface area contributed by atoms with E-state index in [-0.39, 0.29) is 37.4 Å². The first kappa shape index (κ1) is 21.9. The van der Waals surface area contributed by atoms with E-state index >= 15 is 0 Å². The number of rotatable bonds is 8. The summed E-state index contributed by atoms with van der Waals surface area (Å²) in [5, 5.41) is 11.9. The lowest BCUT2D eigenvalue weighted by molar-refractivity contribution is -0.145. The predicted molar refractivity (Wildman–Crippen MR) is 119 cm³/mol. The van der Waals surface area contributed by atoms with Gasteiger partial charge < -0.3 is 20.1 Å². The lowest BCUT2D eigenvalue weighted by Gasteiger charge is -2.29. The summed E-state index contributed by atoms with van der Waals surface area (Å²) in [5.41, 5.74) is 3.70.